The number of hydrogen-bond donors (Lipinski definition) is 0. The molecule has 0 saturated carbocycles. The molecule has 0 radical (unpaired) electrons. The Balaban J connectivity index is 1.74. The zero-order valence-corrected chi connectivity index (χ0v) is 12.4. The summed E-state index contributed by atoms with van der Waals surface area (Å²) in [4.78, 5) is 12.9. The molecule has 2 rings (SSSR count). The molecule has 0 fully saturated rings. The molecular weight excluding hydrogens is 268 g/mol. The van der Waals surface area contributed by atoms with Gasteiger partial charge in [-0.2, -0.15) is 0 Å². The lowest BCUT2D eigenvalue weighted by molar-refractivity contribution is -0.133. The lowest BCUT2D eigenvalue weighted by Crippen LogP contribution is -2.08. The fraction of sp³-hybridized carbons (Fsp3) is 0.235. The van der Waals surface area contributed by atoms with Crippen LogP contribution >= 0.6 is 11.8 Å². The Bertz CT molecular complexity index is 535. The van der Waals surface area contributed by atoms with E-state index in [-0.39, 0.29) is 5.97 Å². The third-order valence-corrected chi connectivity index (χ3v) is 3.90. The highest BCUT2D eigenvalue weighted by Crippen LogP contribution is 2.19. The molecular formula is C17H18O2S. The van der Waals surface area contributed by atoms with Gasteiger partial charge < -0.3 is 4.74 Å². The van der Waals surface area contributed by atoms with E-state index >= 15 is 0 Å². The number of aryl methyl sites for hydroxylation is 1. The third kappa shape index (κ3) is 4.74. The highest BCUT2D eigenvalue weighted by Gasteiger charge is 2.05. The molecule has 0 aliphatic rings. The summed E-state index contributed by atoms with van der Waals surface area (Å²) in [6, 6.07) is 17.7. The summed E-state index contributed by atoms with van der Waals surface area (Å²) < 4.78 is 5.30. The molecule has 2 nitrogen and oxygen atoms in total. The van der Waals surface area contributed by atoms with Crippen molar-refractivity contribution in [3.8, 4) is 5.75 Å². The molecule has 0 aliphatic heterocycles. The Morgan fingerprint density at radius 2 is 1.75 bits per heavy atom. The molecule has 2 aromatic carbocycles. The van der Waals surface area contributed by atoms with Gasteiger partial charge in [0.1, 0.15) is 5.75 Å². The largest absolute Gasteiger partial charge is 0.427 e. The van der Waals surface area contributed by atoms with Gasteiger partial charge >= 0.3 is 5.97 Å². The summed E-state index contributed by atoms with van der Waals surface area (Å²) in [5.41, 5.74) is 1.24. The maximum Gasteiger partial charge on any atom is 0.312 e. The van der Waals surface area contributed by atoms with Crippen LogP contribution in [0.15, 0.2) is 59.5 Å². The van der Waals surface area contributed by atoms with Crippen molar-refractivity contribution in [2.75, 3.05) is 5.75 Å². The van der Waals surface area contributed by atoms with Crippen molar-refractivity contribution in [3.63, 3.8) is 0 Å². The standard InChI is InChI=1S/C17H18O2S/c1-2-14-8-10-15(11-9-14)19-17(18)12-13-20-16-6-4-3-5-7-16/h3-11H,2,12-13H2,1H3. The van der Waals surface area contributed by atoms with Crippen molar-refractivity contribution < 1.29 is 9.53 Å². The Hall–Kier alpha value is -1.74. The molecule has 0 spiro atoms. The van der Waals surface area contributed by atoms with E-state index in [2.05, 4.69) is 6.92 Å². The maximum absolute atomic E-state index is 11.7. The van der Waals surface area contributed by atoms with Gasteiger partial charge in [0.2, 0.25) is 0 Å². The number of carbonyl (C=O) groups excluding carboxylic acids is 1. The minimum absolute atomic E-state index is 0.183. The Kier molecular flexibility index (Phi) is 5.69. The molecule has 104 valence electrons. The first-order valence-electron chi connectivity index (χ1n) is 6.75. The van der Waals surface area contributed by atoms with Crippen molar-refractivity contribution in [3.05, 3.63) is 60.2 Å². The van der Waals surface area contributed by atoms with Crippen molar-refractivity contribution >= 4 is 17.7 Å². The summed E-state index contributed by atoms with van der Waals surface area (Å²) in [7, 11) is 0. The lowest BCUT2D eigenvalue weighted by Gasteiger charge is -2.05. The highest BCUT2D eigenvalue weighted by atomic mass is 32.2. The number of ether oxygens (including phenoxy) is 1. The van der Waals surface area contributed by atoms with E-state index in [9.17, 15) is 4.79 Å². The minimum Gasteiger partial charge on any atom is -0.427 e. The van der Waals surface area contributed by atoms with Crippen LogP contribution in [0.5, 0.6) is 5.75 Å². The van der Waals surface area contributed by atoms with E-state index in [0.717, 1.165) is 12.2 Å². The maximum atomic E-state index is 11.7. The number of rotatable bonds is 6. The van der Waals surface area contributed by atoms with Gasteiger partial charge in [-0.15, -0.1) is 11.8 Å². The second kappa shape index (κ2) is 7.75. The summed E-state index contributed by atoms with van der Waals surface area (Å²) in [5, 5.41) is 0. The minimum atomic E-state index is -0.183. The Morgan fingerprint density at radius 1 is 1.05 bits per heavy atom. The molecule has 0 amide bonds. The van der Waals surface area contributed by atoms with Crippen LogP contribution in [0.4, 0.5) is 0 Å². The van der Waals surface area contributed by atoms with Crippen LogP contribution in [0.25, 0.3) is 0 Å². The van der Waals surface area contributed by atoms with Gasteiger partial charge in [0, 0.05) is 10.6 Å². The third-order valence-electron chi connectivity index (χ3n) is 2.88. The van der Waals surface area contributed by atoms with E-state index < -0.39 is 0 Å². The van der Waals surface area contributed by atoms with Crippen LogP contribution in [0, 0.1) is 0 Å². The van der Waals surface area contributed by atoms with Crippen LogP contribution in [-0.4, -0.2) is 11.7 Å². The molecule has 0 unspecified atom stereocenters. The first-order chi connectivity index (χ1) is 9.78. The number of hydrogen-bond acceptors (Lipinski definition) is 3. The van der Waals surface area contributed by atoms with E-state index in [0.29, 0.717) is 12.2 Å². The Morgan fingerprint density at radius 3 is 2.40 bits per heavy atom. The first-order valence-corrected chi connectivity index (χ1v) is 7.74. The zero-order valence-electron chi connectivity index (χ0n) is 11.5. The van der Waals surface area contributed by atoms with E-state index in [1.807, 2.05) is 54.6 Å². The molecule has 0 aliphatic carbocycles. The SMILES string of the molecule is CCc1ccc(OC(=O)CCSc2ccccc2)cc1. The van der Waals surface area contributed by atoms with Crippen LogP contribution in [0.3, 0.4) is 0 Å². The molecule has 0 N–H and O–H groups in total. The van der Waals surface area contributed by atoms with Crippen molar-refractivity contribution in [2.24, 2.45) is 0 Å². The summed E-state index contributed by atoms with van der Waals surface area (Å²) >= 11 is 1.66. The fourth-order valence-electron chi connectivity index (χ4n) is 1.74. The van der Waals surface area contributed by atoms with Gasteiger partial charge in [0.25, 0.3) is 0 Å². The highest BCUT2D eigenvalue weighted by molar-refractivity contribution is 7.99. The molecule has 3 heteroatoms. The summed E-state index contributed by atoms with van der Waals surface area (Å²) in [6.07, 6.45) is 1.40. The first kappa shape index (κ1) is 14.7. The topological polar surface area (TPSA) is 26.3 Å². The van der Waals surface area contributed by atoms with E-state index in [1.54, 1.807) is 11.8 Å². The lowest BCUT2D eigenvalue weighted by atomic mass is 10.2. The molecule has 0 bridgehead atoms. The predicted octanol–water partition coefficient (Wildman–Crippen LogP) is 4.34. The Labute approximate surface area is 124 Å². The van der Waals surface area contributed by atoms with Crippen molar-refractivity contribution in [1.29, 1.82) is 0 Å². The van der Waals surface area contributed by atoms with Gasteiger partial charge in [-0.25, -0.2) is 0 Å². The molecule has 2 aromatic rings. The molecule has 0 heterocycles. The quantitative estimate of drug-likeness (QED) is 0.449. The molecule has 20 heavy (non-hydrogen) atoms. The number of benzene rings is 2. The predicted molar refractivity (Wildman–Crippen MR) is 83.2 cm³/mol. The molecule has 0 saturated heterocycles. The van der Waals surface area contributed by atoms with Gasteiger partial charge in [0.05, 0.1) is 6.42 Å². The smallest absolute Gasteiger partial charge is 0.312 e. The molecule has 0 atom stereocenters. The van der Waals surface area contributed by atoms with Gasteiger partial charge in [0.15, 0.2) is 0 Å². The fourth-order valence-corrected chi connectivity index (χ4v) is 2.60. The number of carbonyl (C=O) groups is 1. The number of thioether (sulfide) groups is 1. The van der Waals surface area contributed by atoms with E-state index in [1.165, 1.54) is 10.5 Å². The van der Waals surface area contributed by atoms with Crippen LogP contribution in [0.1, 0.15) is 18.9 Å². The summed E-state index contributed by atoms with van der Waals surface area (Å²) in [6.45, 7) is 2.10. The van der Waals surface area contributed by atoms with Crippen LogP contribution < -0.4 is 4.74 Å². The molecule has 0 aromatic heterocycles. The summed E-state index contributed by atoms with van der Waals surface area (Å²) in [5.74, 6) is 1.17. The van der Waals surface area contributed by atoms with Gasteiger partial charge in [-0.1, -0.05) is 37.3 Å². The normalized spacial score (nSPS) is 10.2. The average Bonchev–Trinajstić information content (AvgIpc) is 2.49. The van der Waals surface area contributed by atoms with Crippen molar-refractivity contribution in [1.82, 2.24) is 0 Å². The average molecular weight is 286 g/mol. The number of esters is 1. The monoisotopic (exact) mass is 286 g/mol. The zero-order chi connectivity index (χ0) is 14.2. The second-order valence-corrected chi connectivity index (χ2v) is 5.55. The van der Waals surface area contributed by atoms with Crippen molar-refractivity contribution in [2.45, 2.75) is 24.7 Å². The van der Waals surface area contributed by atoms with Crippen LogP contribution in [-0.2, 0) is 11.2 Å². The second-order valence-electron chi connectivity index (χ2n) is 4.38. The van der Waals surface area contributed by atoms with Gasteiger partial charge in [-0.3, -0.25) is 4.79 Å². The van der Waals surface area contributed by atoms with E-state index in [4.69, 9.17) is 4.74 Å². The van der Waals surface area contributed by atoms with Crippen LogP contribution in [0.2, 0.25) is 0 Å². The van der Waals surface area contributed by atoms with Gasteiger partial charge in [-0.05, 0) is 36.2 Å².